The molecule has 0 aromatic carbocycles. The Bertz CT molecular complexity index is 358. The van der Waals surface area contributed by atoms with E-state index in [1.54, 1.807) is 0 Å². The molecule has 0 spiro atoms. The van der Waals surface area contributed by atoms with Gasteiger partial charge in [-0.05, 0) is 24.8 Å². The topological polar surface area (TPSA) is 52.6 Å². The molecule has 0 bridgehead atoms. The number of ether oxygens (including phenoxy) is 2. The first-order valence-electron chi connectivity index (χ1n) is 5.33. The van der Waals surface area contributed by atoms with E-state index in [9.17, 15) is 9.59 Å². The molecule has 4 nitrogen and oxygen atoms in total. The molecule has 0 amide bonds. The molecule has 0 radical (unpaired) electrons. The lowest BCUT2D eigenvalue weighted by Crippen LogP contribution is -2.39. The first-order valence-corrected chi connectivity index (χ1v) is 5.33. The van der Waals surface area contributed by atoms with E-state index in [-0.39, 0.29) is 23.9 Å². The second-order valence-electron chi connectivity index (χ2n) is 4.28. The van der Waals surface area contributed by atoms with Gasteiger partial charge in [-0.25, -0.2) is 0 Å². The molecule has 0 N–H and O–H groups in total. The molecule has 0 saturated carbocycles. The summed E-state index contributed by atoms with van der Waals surface area (Å²) >= 11 is 0. The molecule has 2 fully saturated rings. The Kier molecular flexibility index (Phi) is 1.92. The van der Waals surface area contributed by atoms with Crippen LogP contribution in [0.1, 0.15) is 19.3 Å². The molecule has 3 atom stereocenters. The lowest BCUT2D eigenvalue weighted by molar-refractivity contribution is -0.154. The maximum Gasteiger partial charge on any atom is 0.320 e. The second-order valence-corrected chi connectivity index (χ2v) is 4.28. The highest BCUT2D eigenvalue weighted by Crippen LogP contribution is 2.41. The van der Waals surface area contributed by atoms with Crippen LogP contribution in [-0.4, -0.2) is 24.6 Å². The zero-order valence-corrected chi connectivity index (χ0v) is 8.27. The monoisotopic (exact) mass is 208 g/mol. The molecule has 2 heterocycles. The Hall–Kier alpha value is -1.16. The molecule has 4 heteroatoms. The fourth-order valence-corrected chi connectivity index (χ4v) is 2.70. The van der Waals surface area contributed by atoms with E-state index in [4.69, 9.17) is 4.74 Å². The van der Waals surface area contributed by atoms with Gasteiger partial charge in [0.2, 0.25) is 0 Å². The van der Waals surface area contributed by atoms with Gasteiger partial charge in [0, 0.05) is 6.61 Å². The summed E-state index contributed by atoms with van der Waals surface area (Å²) < 4.78 is 10.3. The van der Waals surface area contributed by atoms with Crippen LogP contribution in [0.2, 0.25) is 0 Å². The number of cyclic esters (lactones) is 2. The van der Waals surface area contributed by atoms with Crippen LogP contribution in [0.15, 0.2) is 11.6 Å². The Morgan fingerprint density at radius 2 is 2.13 bits per heavy atom. The van der Waals surface area contributed by atoms with Crippen LogP contribution in [0.4, 0.5) is 0 Å². The Morgan fingerprint density at radius 1 is 1.27 bits per heavy atom. The van der Waals surface area contributed by atoms with Crippen molar-refractivity contribution in [1.29, 1.82) is 0 Å². The molecule has 0 aromatic rings. The van der Waals surface area contributed by atoms with E-state index < -0.39 is 5.97 Å². The molecule has 2 saturated heterocycles. The van der Waals surface area contributed by atoms with Gasteiger partial charge >= 0.3 is 11.9 Å². The zero-order chi connectivity index (χ0) is 10.4. The number of hydrogen-bond donors (Lipinski definition) is 0. The fourth-order valence-electron chi connectivity index (χ4n) is 2.70. The molecule has 15 heavy (non-hydrogen) atoms. The third-order valence-electron chi connectivity index (χ3n) is 3.44. The summed E-state index contributed by atoms with van der Waals surface area (Å²) in [7, 11) is 0. The Labute approximate surface area is 87.2 Å². The van der Waals surface area contributed by atoms with E-state index in [2.05, 4.69) is 4.74 Å². The minimum Gasteiger partial charge on any atom is -0.393 e. The zero-order valence-electron chi connectivity index (χ0n) is 8.27. The van der Waals surface area contributed by atoms with Crippen LogP contribution in [0, 0.1) is 11.8 Å². The smallest absolute Gasteiger partial charge is 0.320 e. The first-order chi connectivity index (χ1) is 7.27. The SMILES string of the molecule is O=C1OC(=O)[C@H]2CC=C3CCCO[C@H]3[C@@H]12. The summed E-state index contributed by atoms with van der Waals surface area (Å²) in [6.45, 7) is 0.673. The van der Waals surface area contributed by atoms with E-state index in [0.717, 1.165) is 12.8 Å². The van der Waals surface area contributed by atoms with Crippen LogP contribution in [0.5, 0.6) is 0 Å². The molecule has 3 rings (SSSR count). The predicted octanol–water partition coefficient (Wildman–Crippen LogP) is 0.811. The van der Waals surface area contributed by atoms with Gasteiger partial charge in [-0.2, -0.15) is 0 Å². The molecule has 1 aliphatic carbocycles. The van der Waals surface area contributed by atoms with Crippen molar-refractivity contribution in [2.45, 2.75) is 25.4 Å². The quantitative estimate of drug-likeness (QED) is 0.336. The fraction of sp³-hybridized carbons (Fsp3) is 0.636. The van der Waals surface area contributed by atoms with Crippen LogP contribution < -0.4 is 0 Å². The predicted molar refractivity (Wildman–Crippen MR) is 49.8 cm³/mol. The maximum absolute atomic E-state index is 11.5. The third kappa shape index (κ3) is 1.24. The maximum atomic E-state index is 11.5. The lowest BCUT2D eigenvalue weighted by atomic mass is 9.77. The first kappa shape index (κ1) is 9.09. The Morgan fingerprint density at radius 3 is 3.00 bits per heavy atom. The highest BCUT2D eigenvalue weighted by molar-refractivity contribution is 5.97. The number of carbonyl (C=O) groups excluding carboxylic acids is 2. The van der Waals surface area contributed by atoms with Gasteiger partial charge in [-0.15, -0.1) is 0 Å². The summed E-state index contributed by atoms with van der Waals surface area (Å²) in [5.41, 5.74) is 1.18. The van der Waals surface area contributed by atoms with Crippen molar-refractivity contribution >= 4 is 11.9 Å². The molecule has 0 unspecified atom stereocenters. The van der Waals surface area contributed by atoms with Gasteiger partial charge in [-0.1, -0.05) is 6.08 Å². The normalized spacial score (nSPS) is 39.2. The summed E-state index contributed by atoms with van der Waals surface area (Å²) in [6, 6.07) is 0. The summed E-state index contributed by atoms with van der Waals surface area (Å²) in [4.78, 5) is 22.9. The minimum absolute atomic E-state index is 0.198. The van der Waals surface area contributed by atoms with E-state index in [1.165, 1.54) is 5.57 Å². The van der Waals surface area contributed by atoms with Crippen molar-refractivity contribution in [2.75, 3.05) is 6.61 Å². The van der Waals surface area contributed by atoms with Crippen molar-refractivity contribution in [2.24, 2.45) is 11.8 Å². The van der Waals surface area contributed by atoms with Crippen molar-refractivity contribution < 1.29 is 19.1 Å². The van der Waals surface area contributed by atoms with Crippen molar-refractivity contribution in [3.05, 3.63) is 11.6 Å². The summed E-state index contributed by atoms with van der Waals surface area (Å²) in [5.74, 6) is -1.46. The Balaban J connectivity index is 1.96. The largest absolute Gasteiger partial charge is 0.393 e. The van der Waals surface area contributed by atoms with Crippen molar-refractivity contribution in [3.63, 3.8) is 0 Å². The average molecular weight is 208 g/mol. The summed E-state index contributed by atoms with van der Waals surface area (Å²) in [5, 5.41) is 0. The molecule has 2 aliphatic heterocycles. The van der Waals surface area contributed by atoms with E-state index in [1.807, 2.05) is 6.08 Å². The van der Waals surface area contributed by atoms with Gasteiger partial charge in [0.25, 0.3) is 0 Å². The average Bonchev–Trinajstić information content (AvgIpc) is 2.55. The molecule has 3 aliphatic rings. The van der Waals surface area contributed by atoms with Crippen LogP contribution >= 0.6 is 0 Å². The van der Waals surface area contributed by atoms with E-state index in [0.29, 0.717) is 13.0 Å². The summed E-state index contributed by atoms with van der Waals surface area (Å²) in [6.07, 6.45) is 4.46. The second kappa shape index (κ2) is 3.17. The number of allylic oxidation sites excluding steroid dienone is 1. The van der Waals surface area contributed by atoms with E-state index >= 15 is 0 Å². The number of fused-ring (bicyclic) bond motifs is 3. The molecule has 0 aromatic heterocycles. The standard InChI is InChI=1S/C11H12O4/c12-10-7-4-3-6-2-1-5-14-9(6)8(7)11(13)15-10/h3,7-9H,1-2,4-5H2/t7-,8-,9+/m0/s1. The lowest BCUT2D eigenvalue weighted by Gasteiger charge is -2.33. The highest BCUT2D eigenvalue weighted by atomic mass is 16.6. The van der Waals surface area contributed by atoms with Gasteiger partial charge in [0.1, 0.15) is 5.92 Å². The third-order valence-corrected chi connectivity index (χ3v) is 3.44. The molecular formula is C11H12O4. The van der Waals surface area contributed by atoms with Crippen LogP contribution in [0.3, 0.4) is 0 Å². The number of rotatable bonds is 0. The number of esters is 2. The van der Waals surface area contributed by atoms with Crippen LogP contribution in [0.25, 0.3) is 0 Å². The van der Waals surface area contributed by atoms with Crippen molar-refractivity contribution in [1.82, 2.24) is 0 Å². The number of carbonyl (C=O) groups is 2. The molecular weight excluding hydrogens is 196 g/mol. The highest BCUT2D eigenvalue weighted by Gasteiger charge is 2.51. The van der Waals surface area contributed by atoms with Gasteiger partial charge in [-0.3, -0.25) is 9.59 Å². The van der Waals surface area contributed by atoms with Crippen molar-refractivity contribution in [3.8, 4) is 0 Å². The number of hydrogen-bond acceptors (Lipinski definition) is 4. The van der Waals surface area contributed by atoms with Gasteiger partial charge in [0.15, 0.2) is 0 Å². The van der Waals surface area contributed by atoms with Gasteiger partial charge < -0.3 is 9.47 Å². The minimum atomic E-state index is -0.400. The molecule has 80 valence electrons. The van der Waals surface area contributed by atoms with Gasteiger partial charge in [0.05, 0.1) is 12.0 Å². The van der Waals surface area contributed by atoms with Crippen LogP contribution in [-0.2, 0) is 19.1 Å².